The van der Waals surface area contributed by atoms with Crippen molar-refractivity contribution in [3.63, 3.8) is 0 Å². The fourth-order valence-corrected chi connectivity index (χ4v) is 5.56. The Morgan fingerprint density at radius 1 is 0.968 bits per heavy atom. The van der Waals surface area contributed by atoms with Gasteiger partial charge >= 0.3 is 0 Å². The number of amides is 1. The first-order valence-electron chi connectivity index (χ1n) is 10.7. The van der Waals surface area contributed by atoms with E-state index in [0.29, 0.717) is 6.42 Å². The average molecular weight is 449 g/mol. The molecule has 0 saturated heterocycles. The maximum absolute atomic E-state index is 12.5. The number of nitrogens with zero attached hydrogens (tertiary/aromatic N) is 1. The Kier molecular flexibility index (Phi) is 6.93. The summed E-state index contributed by atoms with van der Waals surface area (Å²) in [5.41, 5.74) is 4.42. The van der Waals surface area contributed by atoms with Gasteiger partial charge in [0.25, 0.3) is 0 Å². The van der Waals surface area contributed by atoms with Gasteiger partial charge in [-0.05, 0) is 78.1 Å². The zero-order chi connectivity index (χ0) is 21.7. The van der Waals surface area contributed by atoms with Gasteiger partial charge in [-0.1, -0.05) is 49.4 Å². The van der Waals surface area contributed by atoms with Crippen molar-refractivity contribution in [2.24, 2.45) is 0 Å². The topological polar surface area (TPSA) is 32.3 Å². The molecule has 0 aromatic heterocycles. The molecule has 3 aromatic carbocycles. The molecule has 1 amide bonds. The molecule has 4 rings (SSSR count). The highest BCUT2D eigenvalue weighted by molar-refractivity contribution is 8.01. The van der Waals surface area contributed by atoms with E-state index in [-0.39, 0.29) is 10.7 Å². The zero-order valence-corrected chi connectivity index (χ0v) is 19.6. The molecule has 5 heteroatoms. The summed E-state index contributed by atoms with van der Waals surface area (Å²) in [7, 11) is 2.13. The van der Waals surface area contributed by atoms with Crippen molar-refractivity contribution in [2.75, 3.05) is 22.4 Å². The van der Waals surface area contributed by atoms with Crippen molar-refractivity contribution in [2.45, 2.75) is 35.8 Å². The summed E-state index contributed by atoms with van der Waals surface area (Å²) in [5.74, 6) is 1.07. The lowest BCUT2D eigenvalue weighted by Crippen LogP contribution is -2.16. The van der Waals surface area contributed by atoms with Crippen LogP contribution in [0.2, 0.25) is 0 Å². The summed E-state index contributed by atoms with van der Waals surface area (Å²) in [4.78, 5) is 13.7. The maximum Gasteiger partial charge on any atom is 0.228 e. The number of carbonyl (C=O) groups is 1. The molecule has 1 fully saturated rings. The Morgan fingerprint density at radius 3 is 2.26 bits per heavy atom. The Morgan fingerprint density at radius 2 is 1.65 bits per heavy atom. The Hall–Kier alpha value is -2.37. The van der Waals surface area contributed by atoms with Gasteiger partial charge in [-0.15, -0.1) is 11.8 Å². The number of anilines is 2. The van der Waals surface area contributed by atoms with Crippen LogP contribution in [0.15, 0.2) is 83.8 Å². The molecule has 0 unspecified atom stereocenters. The predicted molar refractivity (Wildman–Crippen MR) is 135 cm³/mol. The summed E-state index contributed by atoms with van der Waals surface area (Å²) in [6, 6.07) is 27.1. The molecular formula is C26H28N2OS2. The highest BCUT2D eigenvalue weighted by Gasteiger charge is 2.46. The van der Waals surface area contributed by atoms with Gasteiger partial charge in [0.1, 0.15) is 0 Å². The summed E-state index contributed by atoms with van der Waals surface area (Å²) in [6.45, 7) is 2.14. The molecule has 0 radical (unpaired) electrons. The lowest BCUT2D eigenvalue weighted by molar-refractivity contribution is -0.115. The van der Waals surface area contributed by atoms with Gasteiger partial charge in [0.2, 0.25) is 5.91 Å². The van der Waals surface area contributed by atoms with E-state index in [1.54, 1.807) is 0 Å². The van der Waals surface area contributed by atoms with Crippen LogP contribution >= 0.6 is 23.7 Å². The highest BCUT2D eigenvalue weighted by atomic mass is 32.2. The molecule has 0 atom stereocenters. The molecule has 1 aliphatic rings. The van der Waals surface area contributed by atoms with Crippen LogP contribution in [0.3, 0.4) is 0 Å². The molecule has 3 aromatic rings. The molecule has 0 heterocycles. The number of hydrogen-bond donors (Lipinski definition) is 1. The number of para-hydroxylation sites is 1. The first-order chi connectivity index (χ1) is 15.1. The van der Waals surface area contributed by atoms with Gasteiger partial charge in [0, 0.05) is 23.3 Å². The van der Waals surface area contributed by atoms with Gasteiger partial charge in [-0.25, -0.2) is 0 Å². The van der Waals surface area contributed by atoms with E-state index in [1.165, 1.54) is 29.0 Å². The minimum Gasteiger partial charge on any atom is -0.326 e. The third-order valence-electron chi connectivity index (χ3n) is 5.43. The Bertz CT molecular complexity index is 1000. The lowest BCUT2D eigenvalue weighted by Gasteiger charge is -2.24. The van der Waals surface area contributed by atoms with Crippen LogP contribution < -0.4 is 9.62 Å². The number of rotatable bonds is 9. The molecule has 31 heavy (non-hydrogen) atoms. The third-order valence-corrected chi connectivity index (χ3v) is 7.80. The fraction of sp³-hybridized carbons (Fsp3) is 0.269. The minimum absolute atomic E-state index is 0.0166. The van der Waals surface area contributed by atoms with Crippen LogP contribution in [-0.4, -0.2) is 18.7 Å². The van der Waals surface area contributed by atoms with Crippen LogP contribution in [0, 0.1) is 0 Å². The van der Waals surface area contributed by atoms with Gasteiger partial charge in [-0.3, -0.25) is 4.79 Å². The van der Waals surface area contributed by atoms with Crippen LogP contribution in [-0.2, 0) is 16.0 Å². The van der Waals surface area contributed by atoms with Crippen molar-refractivity contribution in [1.82, 2.24) is 0 Å². The van der Waals surface area contributed by atoms with E-state index in [9.17, 15) is 4.79 Å². The highest BCUT2D eigenvalue weighted by Crippen LogP contribution is 2.58. The van der Waals surface area contributed by atoms with Crippen LogP contribution in [0.4, 0.5) is 11.4 Å². The van der Waals surface area contributed by atoms with Crippen LogP contribution in [0.5, 0.6) is 0 Å². The van der Waals surface area contributed by atoms with Crippen molar-refractivity contribution < 1.29 is 4.79 Å². The van der Waals surface area contributed by atoms with Crippen molar-refractivity contribution in [3.8, 4) is 0 Å². The first kappa shape index (κ1) is 21.8. The molecule has 160 valence electrons. The predicted octanol–water partition coefficient (Wildman–Crippen LogP) is 6.75. The molecule has 1 N–H and O–H groups in total. The van der Waals surface area contributed by atoms with E-state index < -0.39 is 0 Å². The second kappa shape index (κ2) is 9.84. The molecule has 0 bridgehead atoms. The molecule has 1 aliphatic carbocycles. The summed E-state index contributed by atoms with van der Waals surface area (Å²) >= 11 is 3.70. The van der Waals surface area contributed by atoms with Gasteiger partial charge in [0.05, 0.1) is 11.2 Å². The van der Waals surface area contributed by atoms with E-state index in [0.717, 1.165) is 17.0 Å². The number of hydrogen-bond acceptors (Lipinski definition) is 4. The molecule has 0 spiro atoms. The maximum atomic E-state index is 12.5. The quantitative estimate of drug-likeness (QED) is 0.290. The van der Waals surface area contributed by atoms with Gasteiger partial charge in [-0.2, -0.15) is 0 Å². The van der Waals surface area contributed by atoms with E-state index in [1.807, 2.05) is 54.0 Å². The summed E-state index contributed by atoms with van der Waals surface area (Å²) < 4.78 is 2.40. The van der Waals surface area contributed by atoms with Gasteiger partial charge < -0.3 is 9.62 Å². The van der Waals surface area contributed by atoms with E-state index >= 15 is 0 Å². The molecule has 0 aliphatic heterocycles. The van der Waals surface area contributed by atoms with Gasteiger partial charge in [0.15, 0.2) is 0 Å². The Balaban J connectivity index is 1.34. The standard InChI is InChI=1S/C26H28N2OS2/c1-3-30-24-15-9-20(10-16-24)19-25(29)27-22-13-11-21(12-14-22)26(17-18-26)31-28(2)23-7-5-4-6-8-23/h4-16H,3,17-19H2,1-2H3,(H,27,29). The van der Waals surface area contributed by atoms with E-state index in [2.05, 4.69) is 72.1 Å². The largest absolute Gasteiger partial charge is 0.326 e. The van der Waals surface area contributed by atoms with Crippen molar-refractivity contribution in [1.29, 1.82) is 0 Å². The lowest BCUT2D eigenvalue weighted by atomic mass is 10.1. The third kappa shape index (κ3) is 5.66. The zero-order valence-electron chi connectivity index (χ0n) is 18.0. The average Bonchev–Trinajstić information content (AvgIpc) is 3.57. The van der Waals surface area contributed by atoms with Crippen molar-refractivity contribution in [3.05, 3.63) is 90.0 Å². The van der Waals surface area contributed by atoms with Crippen LogP contribution in [0.1, 0.15) is 30.9 Å². The van der Waals surface area contributed by atoms with Crippen LogP contribution in [0.25, 0.3) is 0 Å². The minimum atomic E-state index is 0.0166. The Labute approximate surface area is 193 Å². The smallest absolute Gasteiger partial charge is 0.228 e. The molecular weight excluding hydrogens is 420 g/mol. The number of nitrogens with one attached hydrogen (secondary N) is 1. The summed E-state index contributed by atoms with van der Waals surface area (Å²) in [5, 5.41) is 3.03. The molecule has 3 nitrogen and oxygen atoms in total. The second-order valence-electron chi connectivity index (χ2n) is 7.80. The van der Waals surface area contributed by atoms with E-state index in [4.69, 9.17) is 0 Å². The monoisotopic (exact) mass is 448 g/mol. The molecule has 1 saturated carbocycles. The summed E-state index contributed by atoms with van der Waals surface area (Å²) in [6.07, 6.45) is 2.74. The normalized spacial score (nSPS) is 14.1. The second-order valence-corrected chi connectivity index (χ2v) is 10.6. The number of benzene rings is 3. The first-order valence-corrected chi connectivity index (χ1v) is 12.4. The number of carbonyl (C=O) groups excluding carboxylic acids is 1. The SMILES string of the molecule is CCSc1ccc(CC(=O)Nc2ccc(C3(SN(C)c4ccccc4)CC3)cc2)cc1. The van der Waals surface area contributed by atoms with Crippen molar-refractivity contribution >= 4 is 41.0 Å². The fourth-order valence-electron chi connectivity index (χ4n) is 3.62. The number of thioether (sulfide) groups is 1.